The van der Waals surface area contributed by atoms with Crippen molar-refractivity contribution in [3.8, 4) is 0 Å². The Bertz CT molecular complexity index is 505. The molecular weight excluding hydrogens is 236 g/mol. The standard InChI is InChI=1S/C15H20N4/c1-12-4-6-13(7-5-12)11-19(3)15-9-8-14(10-16-2)17-18-15/h4-9,16H,10-11H2,1-3H3. The molecule has 0 saturated carbocycles. The Morgan fingerprint density at radius 2 is 1.79 bits per heavy atom. The summed E-state index contributed by atoms with van der Waals surface area (Å²) < 4.78 is 0. The highest BCUT2D eigenvalue weighted by atomic mass is 15.2. The molecule has 0 atom stereocenters. The van der Waals surface area contributed by atoms with Gasteiger partial charge in [-0.05, 0) is 31.7 Å². The van der Waals surface area contributed by atoms with Gasteiger partial charge < -0.3 is 10.2 Å². The average molecular weight is 256 g/mol. The van der Waals surface area contributed by atoms with Crippen molar-refractivity contribution >= 4 is 5.82 Å². The van der Waals surface area contributed by atoms with Crippen LogP contribution in [0.25, 0.3) is 0 Å². The van der Waals surface area contributed by atoms with Crippen molar-refractivity contribution in [2.24, 2.45) is 0 Å². The van der Waals surface area contributed by atoms with Gasteiger partial charge in [0.1, 0.15) is 0 Å². The Kier molecular flexibility index (Phi) is 4.47. The number of benzene rings is 1. The molecule has 0 aliphatic rings. The number of anilines is 1. The van der Waals surface area contributed by atoms with E-state index in [1.165, 1.54) is 11.1 Å². The van der Waals surface area contributed by atoms with Crippen molar-refractivity contribution in [3.05, 3.63) is 53.2 Å². The van der Waals surface area contributed by atoms with E-state index in [1.807, 2.05) is 26.2 Å². The van der Waals surface area contributed by atoms with Crippen LogP contribution in [0.3, 0.4) is 0 Å². The molecule has 0 aliphatic heterocycles. The summed E-state index contributed by atoms with van der Waals surface area (Å²) >= 11 is 0. The lowest BCUT2D eigenvalue weighted by molar-refractivity contribution is 0.759. The third kappa shape index (κ3) is 3.76. The lowest BCUT2D eigenvalue weighted by Gasteiger charge is -2.17. The molecule has 1 heterocycles. The van der Waals surface area contributed by atoms with E-state index in [-0.39, 0.29) is 0 Å². The lowest BCUT2D eigenvalue weighted by Crippen LogP contribution is -2.18. The summed E-state index contributed by atoms with van der Waals surface area (Å²) in [5.74, 6) is 0.889. The molecule has 19 heavy (non-hydrogen) atoms. The Morgan fingerprint density at radius 1 is 1.05 bits per heavy atom. The molecule has 2 aromatic rings. The fourth-order valence-electron chi connectivity index (χ4n) is 1.88. The molecule has 0 bridgehead atoms. The van der Waals surface area contributed by atoms with E-state index in [2.05, 4.69) is 51.6 Å². The summed E-state index contributed by atoms with van der Waals surface area (Å²) in [6.07, 6.45) is 0. The van der Waals surface area contributed by atoms with Gasteiger partial charge in [0, 0.05) is 20.1 Å². The zero-order valence-corrected chi connectivity index (χ0v) is 11.7. The fourth-order valence-corrected chi connectivity index (χ4v) is 1.88. The van der Waals surface area contributed by atoms with Crippen LogP contribution in [0.1, 0.15) is 16.8 Å². The predicted molar refractivity (Wildman–Crippen MR) is 78.1 cm³/mol. The number of nitrogens with one attached hydrogen (secondary N) is 1. The molecule has 4 nitrogen and oxygen atoms in total. The molecule has 0 fully saturated rings. The molecular formula is C15H20N4. The van der Waals surface area contributed by atoms with Gasteiger partial charge in [-0.2, -0.15) is 5.10 Å². The fraction of sp³-hybridized carbons (Fsp3) is 0.333. The molecule has 1 aromatic heterocycles. The van der Waals surface area contributed by atoms with Crippen LogP contribution in [-0.4, -0.2) is 24.3 Å². The third-order valence-corrected chi connectivity index (χ3v) is 3.00. The van der Waals surface area contributed by atoms with Crippen molar-refractivity contribution in [2.45, 2.75) is 20.0 Å². The monoisotopic (exact) mass is 256 g/mol. The van der Waals surface area contributed by atoms with E-state index in [0.29, 0.717) is 0 Å². The molecule has 0 radical (unpaired) electrons. The van der Waals surface area contributed by atoms with Crippen LogP contribution in [-0.2, 0) is 13.1 Å². The Balaban J connectivity index is 2.02. The number of aromatic nitrogens is 2. The molecule has 0 aliphatic carbocycles. The zero-order valence-electron chi connectivity index (χ0n) is 11.7. The quantitative estimate of drug-likeness (QED) is 0.890. The molecule has 0 amide bonds. The first-order valence-corrected chi connectivity index (χ1v) is 6.43. The van der Waals surface area contributed by atoms with E-state index in [4.69, 9.17) is 0 Å². The number of hydrogen-bond acceptors (Lipinski definition) is 4. The summed E-state index contributed by atoms with van der Waals surface area (Å²) in [5.41, 5.74) is 3.51. The minimum atomic E-state index is 0.745. The average Bonchev–Trinajstić information content (AvgIpc) is 2.42. The first-order chi connectivity index (χ1) is 9.19. The lowest BCUT2D eigenvalue weighted by atomic mass is 10.1. The van der Waals surface area contributed by atoms with E-state index >= 15 is 0 Å². The number of nitrogens with zero attached hydrogens (tertiary/aromatic N) is 3. The summed E-state index contributed by atoms with van der Waals surface area (Å²) in [5, 5.41) is 11.5. The second kappa shape index (κ2) is 6.29. The van der Waals surface area contributed by atoms with Crippen LogP contribution >= 0.6 is 0 Å². The second-order valence-electron chi connectivity index (χ2n) is 4.75. The first kappa shape index (κ1) is 13.5. The van der Waals surface area contributed by atoms with Crippen molar-refractivity contribution in [3.63, 3.8) is 0 Å². The minimum absolute atomic E-state index is 0.745. The van der Waals surface area contributed by atoms with Gasteiger partial charge in [0.2, 0.25) is 0 Å². The van der Waals surface area contributed by atoms with Crippen molar-refractivity contribution < 1.29 is 0 Å². The van der Waals surface area contributed by atoms with Gasteiger partial charge >= 0.3 is 0 Å². The van der Waals surface area contributed by atoms with Gasteiger partial charge in [-0.3, -0.25) is 0 Å². The number of hydrogen-bond donors (Lipinski definition) is 1. The normalized spacial score (nSPS) is 10.5. The SMILES string of the molecule is CNCc1ccc(N(C)Cc2ccc(C)cc2)nn1. The van der Waals surface area contributed by atoms with Gasteiger partial charge in [-0.15, -0.1) is 5.10 Å². The molecule has 0 unspecified atom stereocenters. The minimum Gasteiger partial charge on any atom is -0.354 e. The number of rotatable bonds is 5. The summed E-state index contributed by atoms with van der Waals surface area (Å²) in [6, 6.07) is 12.6. The van der Waals surface area contributed by atoms with Crippen LogP contribution in [0.2, 0.25) is 0 Å². The molecule has 0 spiro atoms. The summed E-state index contributed by atoms with van der Waals surface area (Å²) in [4.78, 5) is 2.10. The van der Waals surface area contributed by atoms with Crippen LogP contribution in [0.15, 0.2) is 36.4 Å². The third-order valence-electron chi connectivity index (χ3n) is 3.00. The van der Waals surface area contributed by atoms with Gasteiger partial charge in [0.25, 0.3) is 0 Å². The van der Waals surface area contributed by atoms with Crippen LogP contribution < -0.4 is 10.2 Å². The van der Waals surface area contributed by atoms with E-state index in [9.17, 15) is 0 Å². The highest BCUT2D eigenvalue weighted by Gasteiger charge is 2.04. The summed E-state index contributed by atoms with van der Waals surface area (Å²) in [7, 11) is 3.93. The van der Waals surface area contributed by atoms with Gasteiger partial charge in [0.15, 0.2) is 5.82 Å². The Labute approximate surface area is 114 Å². The maximum atomic E-state index is 4.25. The van der Waals surface area contributed by atoms with E-state index in [1.54, 1.807) is 0 Å². The molecule has 1 aromatic carbocycles. The van der Waals surface area contributed by atoms with Crippen LogP contribution in [0.5, 0.6) is 0 Å². The maximum Gasteiger partial charge on any atom is 0.151 e. The predicted octanol–water partition coefficient (Wildman–Crippen LogP) is 2.14. The van der Waals surface area contributed by atoms with Crippen molar-refractivity contribution in [2.75, 3.05) is 19.0 Å². The second-order valence-corrected chi connectivity index (χ2v) is 4.75. The molecule has 4 heteroatoms. The molecule has 0 saturated heterocycles. The maximum absolute atomic E-state index is 4.25. The largest absolute Gasteiger partial charge is 0.354 e. The van der Waals surface area contributed by atoms with Crippen molar-refractivity contribution in [1.29, 1.82) is 0 Å². The molecule has 100 valence electrons. The first-order valence-electron chi connectivity index (χ1n) is 6.43. The van der Waals surface area contributed by atoms with Crippen molar-refractivity contribution in [1.82, 2.24) is 15.5 Å². The Hall–Kier alpha value is -1.94. The van der Waals surface area contributed by atoms with Gasteiger partial charge in [0.05, 0.1) is 5.69 Å². The molecule has 1 N–H and O–H groups in total. The highest BCUT2D eigenvalue weighted by Crippen LogP contribution is 2.12. The Morgan fingerprint density at radius 3 is 2.37 bits per heavy atom. The summed E-state index contributed by atoms with van der Waals surface area (Å²) in [6.45, 7) is 3.68. The topological polar surface area (TPSA) is 41.0 Å². The van der Waals surface area contributed by atoms with Crippen LogP contribution in [0.4, 0.5) is 5.82 Å². The highest BCUT2D eigenvalue weighted by molar-refractivity contribution is 5.37. The van der Waals surface area contributed by atoms with E-state index in [0.717, 1.165) is 24.6 Å². The van der Waals surface area contributed by atoms with E-state index < -0.39 is 0 Å². The smallest absolute Gasteiger partial charge is 0.151 e. The number of aryl methyl sites for hydroxylation is 1. The van der Waals surface area contributed by atoms with Gasteiger partial charge in [-0.1, -0.05) is 29.8 Å². The molecule has 2 rings (SSSR count). The van der Waals surface area contributed by atoms with Gasteiger partial charge in [-0.25, -0.2) is 0 Å². The zero-order chi connectivity index (χ0) is 13.7. The van der Waals surface area contributed by atoms with Crippen LogP contribution in [0, 0.1) is 6.92 Å².